The maximum atomic E-state index is 12.0. The SMILES string of the molecule is Cc1ccc(S(=O)(=O)[NH+]Cc2ccccc2)cc1. The van der Waals surface area contributed by atoms with Crippen molar-refractivity contribution < 1.29 is 13.1 Å². The normalized spacial score (nSPS) is 11.4. The van der Waals surface area contributed by atoms with E-state index in [0.29, 0.717) is 11.4 Å². The van der Waals surface area contributed by atoms with E-state index in [4.69, 9.17) is 0 Å². The number of benzene rings is 2. The molecule has 1 N–H and O–H groups in total. The van der Waals surface area contributed by atoms with Crippen LogP contribution in [0.5, 0.6) is 0 Å². The third kappa shape index (κ3) is 3.18. The maximum absolute atomic E-state index is 12.0. The third-order valence-electron chi connectivity index (χ3n) is 2.64. The van der Waals surface area contributed by atoms with Gasteiger partial charge in [0.1, 0.15) is 4.90 Å². The molecule has 1 radical (unpaired) electrons. The van der Waals surface area contributed by atoms with Crippen molar-refractivity contribution >= 4 is 10.0 Å². The largest absolute Gasteiger partial charge is 0.370 e. The molecule has 2 aromatic rings. The predicted molar refractivity (Wildman–Crippen MR) is 69.5 cm³/mol. The molecule has 0 bridgehead atoms. The standard InChI is InChI=1S/C14H15NO2S/c1-12-7-9-14(10-8-12)18(16,17)15-11-13-5-3-2-4-6-13/h2-10,15H,11H2,1H3/q+1. The summed E-state index contributed by atoms with van der Waals surface area (Å²) in [5, 5.41) is 0. The molecule has 0 fully saturated rings. The molecule has 0 saturated heterocycles. The van der Waals surface area contributed by atoms with Gasteiger partial charge in [0, 0.05) is 5.56 Å². The molecule has 2 rings (SSSR count). The molecule has 0 spiro atoms. The molecule has 0 aliphatic carbocycles. The Kier molecular flexibility index (Phi) is 3.79. The Morgan fingerprint density at radius 2 is 1.56 bits per heavy atom. The average molecular weight is 261 g/mol. The van der Waals surface area contributed by atoms with E-state index in [1.807, 2.05) is 37.3 Å². The first kappa shape index (κ1) is 12.8. The highest BCUT2D eigenvalue weighted by Crippen LogP contribution is 2.07. The van der Waals surface area contributed by atoms with Crippen molar-refractivity contribution in [3.8, 4) is 0 Å². The van der Waals surface area contributed by atoms with Crippen LogP contribution in [0, 0.1) is 6.92 Å². The van der Waals surface area contributed by atoms with Crippen LogP contribution in [0.4, 0.5) is 0 Å². The topological polar surface area (TPSA) is 49.7 Å². The summed E-state index contributed by atoms with van der Waals surface area (Å²) in [5.74, 6) is 0. The van der Waals surface area contributed by atoms with E-state index >= 15 is 0 Å². The van der Waals surface area contributed by atoms with Gasteiger partial charge in [-0.1, -0.05) is 52.8 Å². The quantitative estimate of drug-likeness (QED) is 0.900. The molecule has 0 atom stereocenters. The molecule has 0 amide bonds. The summed E-state index contributed by atoms with van der Waals surface area (Å²) in [4.78, 5) is 0.295. The fraction of sp³-hybridized carbons (Fsp3) is 0.143. The van der Waals surface area contributed by atoms with Crippen LogP contribution in [0.15, 0.2) is 59.5 Å². The van der Waals surface area contributed by atoms with E-state index in [2.05, 4.69) is 4.72 Å². The van der Waals surface area contributed by atoms with E-state index in [9.17, 15) is 8.42 Å². The molecule has 2 aromatic carbocycles. The molecule has 0 saturated carbocycles. The minimum Gasteiger partial charge on any atom is -0.164 e. The van der Waals surface area contributed by atoms with E-state index in [1.165, 1.54) is 0 Å². The van der Waals surface area contributed by atoms with Crippen molar-refractivity contribution in [3.05, 3.63) is 65.7 Å². The second-order valence-corrected chi connectivity index (χ2v) is 5.89. The minimum atomic E-state index is -3.43. The number of rotatable bonds is 4. The van der Waals surface area contributed by atoms with E-state index in [0.717, 1.165) is 11.1 Å². The van der Waals surface area contributed by atoms with Crippen LogP contribution < -0.4 is 4.72 Å². The summed E-state index contributed by atoms with van der Waals surface area (Å²) in [6.45, 7) is 2.23. The number of hydrogen-bond donors (Lipinski definition) is 1. The summed E-state index contributed by atoms with van der Waals surface area (Å²) in [6.07, 6.45) is 0. The van der Waals surface area contributed by atoms with Gasteiger partial charge in [-0.15, -0.1) is 0 Å². The van der Waals surface area contributed by atoms with Gasteiger partial charge in [0.25, 0.3) is 0 Å². The molecule has 93 valence electrons. The molecular formula is C14H15NO2S+. The predicted octanol–water partition coefficient (Wildman–Crippen LogP) is 1.23. The van der Waals surface area contributed by atoms with Crippen molar-refractivity contribution in [1.82, 2.24) is 0 Å². The fourth-order valence-corrected chi connectivity index (χ4v) is 2.59. The Morgan fingerprint density at radius 3 is 2.17 bits per heavy atom. The van der Waals surface area contributed by atoms with Gasteiger partial charge in [-0.3, -0.25) is 0 Å². The molecule has 0 unspecified atom stereocenters. The lowest BCUT2D eigenvalue weighted by molar-refractivity contribution is -0.514. The second-order valence-electron chi connectivity index (χ2n) is 4.12. The van der Waals surface area contributed by atoms with Crippen molar-refractivity contribution in [2.75, 3.05) is 0 Å². The Balaban J connectivity index is 2.11. The molecule has 3 nitrogen and oxygen atoms in total. The third-order valence-corrected chi connectivity index (χ3v) is 4.06. The summed E-state index contributed by atoms with van der Waals surface area (Å²) >= 11 is 0. The van der Waals surface area contributed by atoms with Crippen LogP contribution in [0.25, 0.3) is 0 Å². The van der Waals surface area contributed by atoms with Gasteiger partial charge >= 0.3 is 10.0 Å². The highest BCUT2D eigenvalue weighted by molar-refractivity contribution is 7.84. The first-order valence-electron chi connectivity index (χ1n) is 5.68. The average Bonchev–Trinajstić information content (AvgIpc) is 2.38. The van der Waals surface area contributed by atoms with Gasteiger partial charge in [-0.05, 0) is 19.1 Å². The van der Waals surface area contributed by atoms with Crippen molar-refractivity contribution in [1.29, 1.82) is 0 Å². The number of hydrogen-bond acceptors (Lipinski definition) is 2. The highest BCUT2D eigenvalue weighted by Gasteiger charge is 2.21. The molecule has 18 heavy (non-hydrogen) atoms. The lowest BCUT2D eigenvalue weighted by atomic mass is 10.2. The van der Waals surface area contributed by atoms with Crippen molar-refractivity contribution in [2.24, 2.45) is 0 Å². The first-order valence-corrected chi connectivity index (χ1v) is 7.16. The van der Waals surface area contributed by atoms with Gasteiger partial charge in [0.05, 0.1) is 0 Å². The first-order chi connectivity index (χ1) is 8.58. The smallest absolute Gasteiger partial charge is 0.164 e. The van der Waals surface area contributed by atoms with Crippen LogP contribution >= 0.6 is 0 Å². The van der Waals surface area contributed by atoms with Gasteiger partial charge < -0.3 is 0 Å². The van der Waals surface area contributed by atoms with Crippen LogP contribution in [0.2, 0.25) is 0 Å². The van der Waals surface area contributed by atoms with Gasteiger partial charge in [-0.25, -0.2) is 0 Å². The number of sulfonamides is 1. The summed E-state index contributed by atoms with van der Waals surface area (Å²) in [5.41, 5.74) is 1.98. The monoisotopic (exact) mass is 261 g/mol. The highest BCUT2D eigenvalue weighted by atomic mass is 32.2. The molecule has 0 aromatic heterocycles. The van der Waals surface area contributed by atoms with Crippen LogP contribution in [-0.2, 0) is 16.6 Å². The van der Waals surface area contributed by atoms with Crippen LogP contribution in [0.3, 0.4) is 0 Å². The molecule has 4 heteroatoms. The lowest BCUT2D eigenvalue weighted by Crippen LogP contribution is -2.85. The molecule has 0 aliphatic heterocycles. The Morgan fingerprint density at radius 1 is 0.944 bits per heavy atom. The van der Waals surface area contributed by atoms with E-state index in [1.54, 1.807) is 24.3 Å². The zero-order valence-corrected chi connectivity index (χ0v) is 10.9. The zero-order chi connectivity index (χ0) is 13.0. The zero-order valence-electron chi connectivity index (χ0n) is 10.1. The second kappa shape index (κ2) is 5.33. The summed E-state index contributed by atoms with van der Waals surface area (Å²) < 4.78 is 26.6. The van der Waals surface area contributed by atoms with Crippen LogP contribution in [-0.4, -0.2) is 8.42 Å². The fourth-order valence-electron chi connectivity index (χ4n) is 1.57. The van der Waals surface area contributed by atoms with Crippen molar-refractivity contribution in [3.63, 3.8) is 0 Å². The summed E-state index contributed by atoms with van der Waals surface area (Å²) in [7, 11) is -3.43. The van der Waals surface area contributed by atoms with Crippen LogP contribution in [0.1, 0.15) is 11.1 Å². The van der Waals surface area contributed by atoms with Gasteiger partial charge in [0.2, 0.25) is 0 Å². The van der Waals surface area contributed by atoms with Crippen molar-refractivity contribution in [2.45, 2.75) is 18.4 Å². The van der Waals surface area contributed by atoms with E-state index < -0.39 is 10.0 Å². The minimum absolute atomic E-state index is 0.295. The number of nitrogens with one attached hydrogen (secondary N) is 1. The van der Waals surface area contributed by atoms with Gasteiger partial charge in [-0.2, -0.15) is 8.42 Å². The Hall–Kier alpha value is -1.65. The lowest BCUT2D eigenvalue weighted by Gasteiger charge is -1.99. The molecule has 0 heterocycles. The number of aryl methyl sites for hydroxylation is 1. The van der Waals surface area contributed by atoms with Gasteiger partial charge in [0.15, 0.2) is 6.54 Å². The Labute approximate surface area is 108 Å². The molecule has 0 aliphatic rings. The maximum Gasteiger partial charge on any atom is 0.370 e. The Bertz CT molecular complexity index is 604. The summed E-state index contributed by atoms with van der Waals surface area (Å²) in [6, 6.07) is 16.2. The van der Waals surface area contributed by atoms with E-state index in [-0.39, 0.29) is 0 Å². The molecular weight excluding hydrogens is 246 g/mol.